The van der Waals surface area contributed by atoms with Crippen LogP contribution in [0.3, 0.4) is 0 Å². The van der Waals surface area contributed by atoms with Crippen molar-refractivity contribution in [2.24, 2.45) is 12.9 Å². The Bertz CT molecular complexity index is 585. The van der Waals surface area contributed by atoms with Crippen LogP contribution in [0.15, 0.2) is 24.4 Å². The molecule has 0 saturated heterocycles. The van der Waals surface area contributed by atoms with Gasteiger partial charge in [-0.2, -0.15) is 5.10 Å². The Kier molecular flexibility index (Phi) is 3.77. The quantitative estimate of drug-likeness (QED) is 0.647. The zero-order chi connectivity index (χ0) is 14.0. The van der Waals surface area contributed by atoms with Gasteiger partial charge in [-0.05, 0) is 18.2 Å². The first-order valence-corrected chi connectivity index (χ1v) is 5.55. The lowest BCUT2D eigenvalue weighted by Crippen LogP contribution is -2.31. The Labute approximate surface area is 108 Å². The molecule has 5 nitrogen and oxygen atoms in total. The molecular weight excluding hydrogens is 254 g/mol. The van der Waals surface area contributed by atoms with Crippen molar-refractivity contribution in [3.05, 3.63) is 47.3 Å². The number of methoxy groups -OCH3 is 1. The molecule has 1 atom stereocenters. The van der Waals surface area contributed by atoms with Gasteiger partial charge in [-0.15, -0.1) is 0 Å². The molecular formula is C12H14F2N4O. The standard InChI is InChI=1S/C12H14F2N4O/c1-18-12(10(19-2)6-16-18)11(17-15)8-5-7(13)3-4-9(8)14/h3-6,11,17H,15H2,1-2H3. The monoisotopic (exact) mass is 268 g/mol. The number of nitrogens with zero attached hydrogens (tertiary/aromatic N) is 2. The van der Waals surface area contributed by atoms with Crippen molar-refractivity contribution < 1.29 is 13.5 Å². The van der Waals surface area contributed by atoms with Crippen LogP contribution in [0.1, 0.15) is 17.3 Å². The molecule has 7 heteroatoms. The van der Waals surface area contributed by atoms with E-state index in [2.05, 4.69) is 10.5 Å². The molecule has 0 aliphatic heterocycles. The van der Waals surface area contributed by atoms with Crippen LogP contribution in [0.2, 0.25) is 0 Å². The van der Waals surface area contributed by atoms with E-state index >= 15 is 0 Å². The van der Waals surface area contributed by atoms with E-state index in [1.807, 2.05) is 0 Å². The summed E-state index contributed by atoms with van der Waals surface area (Å²) in [7, 11) is 3.13. The number of hydrogen-bond donors (Lipinski definition) is 2. The maximum Gasteiger partial charge on any atom is 0.161 e. The van der Waals surface area contributed by atoms with Crippen LogP contribution in [0.5, 0.6) is 5.75 Å². The smallest absolute Gasteiger partial charge is 0.161 e. The zero-order valence-electron chi connectivity index (χ0n) is 10.5. The summed E-state index contributed by atoms with van der Waals surface area (Å²) in [6.07, 6.45) is 1.48. The van der Waals surface area contributed by atoms with E-state index in [0.717, 1.165) is 18.2 Å². The number of hydrogen-bond acceptors (Lipinski definition) is 4. The number of rotatable bonds is 4. The number of aryl methyl sites for hydroxylation is 1. The zero-order valence-corrected chi connectivity index (χ0v) is 10.5. The molecule has 1 unspecified atom stereocenters. The number of hydrazine groups is 1. The number of ether oxygens (including phenoxy) is 1. The summed E-state index contributed by atoms with van der Waals surface area (Å²) in [4.78, 5) is 0. The van der Waals surface area contributed by atoms with Gasteiger partial charge in [0.1, 0.15) is 17.3 Å². The highest BCUT2D eigenvalue weighted by atomic mass is 19.1. The van der Waals surface area contributed by atoms with E-state index in [0.29, 0.717) is 11.4 Å². The first-order chi connectivity index (χ1) is 9.08. The van der Waals surface area contributed by atoms with E-state index in [9.17, 15) is 8.78 Å². The molecule has 102 valence electrons. The summed E-state index contributed by atoms with van der Waals surface area (Å²) < 4.78 is 33.8. The Balaban J connectivity index is 2.56. The van der Waals surface area contributed by atoms with Gasteiger partial charge in [0.15, 0.2) is 5.75 Å². The molecule has 0 aliphatic carbocycles. The van der Waals surface area contributed by atoms with Crippen molar-refractivity contribution in [2.45, 2.75) is 6.04 Å². The van der Waals surface area contributed by atoms with E-state index in [-0.39, 0.29) is 5.56 Å². The molecule has 0 saturated carbocycles. The molecule has 1 aromatic heterocycles. The molecule has 0 amide bonds. The van der Waals surface area contributed by atoms with Crippen LogP contribution in [0.25, 0.3) is 0 Å². The van der Waals surface area contributed by atoms with Crippen LogP contribution in [-0.4, -0.2) is 16.9 Å². The normalized spacial score (nSPS) is 12.5. The number of aromatic nitrogens is 2. The van der Waals surface area contributed by atoms with Gasteiger partial charge in [0.25, 0.3) is 0 Å². The summed E-state index contributed by atoms with van der Waals surface area (Å²) in [5.74, 6) is 4.80. The lowest BCUT2D eigenvalue weighted by atomic mass is 10.0. The van der Waals surface area contributed by atoms with Crippen molar-refractivity contribution >= 4 is 0 Å². The van der Waals surface area contributed by atoms with Crippen LogP contribution in [0, 0.1) is 11.6 Å². The summed E-state index contributed by atoms with van der Waals surface area (Å²) in [6.45, 7) is 0. The molecule has 0 fully saturated rings. The molecule has 1 aromatic carbocycles. The Morgan fingerprint density at radius 1 is 1.42 bits per heavy atom. The Morgan fingerprint density at radius 3 is 2.79 bits per heavy atom. The third-order valence-electron chi connectivity index (χ3n) is 2.88. The minimum Gasteiger partial charge on any atom is -0.493 e. The second-order valence-corrected chi connectivity index (χ2v) is 3.99. The lowest BCUT2D eigenvalue weighted by molar-refractivity contribution is 0.399. The Morgan fingerprint density at radius 2 is 2.16 bits per heavy atom. The highest BCUT2D eigenvalue weighted by Gasteiger charge is 2.24. The lowest BCUT2D eigenvalue weighted by Gasteiger charge is -2.18. The van der Waals surface area contributed by atoms with Gasteiger partial charge < -0.3 is 4.74 Å². The number of halogens is 2. The predicted molar refractivity (Wildman–Crippen MR) is 65.3 cm³/mol. The minimum atomic E-state index is -0.766. The highest BCUT2D eigenvalue weighted by Crippen LogP contribution is 2.30. The van der Waals surface area contributed by atoms with E-state index in [4.69, 9.17) is 10.6 Å². The maximum atomic E-state index is 13.8. The molecule has 3 N–H and O–H groups in total. The largest absolute Gasteiger partial charge is 0.493 e. The van der Waals surface area contributed by atoms with E-state index in [1.165, 1.54) is 18.0 Å². The fourth-order valence-electron chi connectivity index (χ4n) is 1.97. The summed E-state index contributed by atoms with van der Waals surface area (Å²) >= 11 is 0. The molecule has 0 radical (unpaired) electrons. The molecule has 0 spiro atoms. The second kappa shape index (κ2) is 5.33. The average Bonchev–Trinajstić information content (AvgIpc) is 2.76. The third-order valence-corrected chi connectivity index (χ3v) is 2.88. The van der Waals surface area contributed by atoms with Gasteiger partial charge in [0.05, 0.1) is 19.3 Å². The fourth-order valence-corrected chi connectivity index (χ4v) is 1.97. The van der Waals surface area contributed by atoms with Gasteiger partial charge in [-0.1, -0.05) is 0 Å². The molecule has 2 rings (SSSR count). The topological polar surface area (TPSA) is 65.1 Å². The van der Waals surface area contributed by atoms with Crippen LogP contribution < -0.4 is 16.0 Å². The fraction of sp³-hybridized carbons (Fsp3) is 0.250. The first-order valence-electron chi connectivity index (χ1n) is 5.55. The molecule has 0 aliphatic rings. The number of nitrogens with two attached hydrogens (primary N) is 1. The van der Waals surface area contributed by atoms with Gasteiger partial charge in [-0.3, -0.25) is 10.5 Å². The maximum absolute atomic E-state index is 13.8. The van der Waals surface area contributed by atoms with Crippen LogP contribution in [-0.2, 0) is 7.05 Å². The van der Waals surface area contributed by atoms with Crippen LogP contribution >= 0.6 is 0 Å². The number of nitrogens with one attached hydrogen (secondary N) is 1. The van der Waals surface area contributed by atoms with E-state index in [1.54, 1.807) is 7.05 Å². The van der Waals surface area contributed by atoms with Crippen molar-refractivity contribution in [3.63, 3.8) is 0 Å². The summed E-state index contributed by atoms with van der Waals surface area (Å²) in [6, 6.07) is 2.43. The predicted octanol–water partition coefficient (Wildman–Crippen LogP) is 1.26. The van der Waals surface area contributed by atoms with Gasteiger partial charge in [-0.25, -0.2) is 14.2 Å². The Hall–Kier alpha value is -1.99. The third kappa shape index (κ3) is 2.42. The highest BCUT2D eigenvalue weighted by molar-refractivity contribution is 5.37. The molecule has 1 heterocycles. The van der Waals surface area contributed by atoms with E-state index < -0.39 is 17.7 Å². The first kappa shape index (κ1) is 13.4. The molecule has 2 aromatic rings. The van der Waals surface area contributed by atoms with Crippen molar-refractivity contribution in [3.8, 4) is 5.75 Å². The summed E-state index contributed by atoms with van der Waals surface area (Å²) in [5, 5.41) is 4.01. The van der Waals surface area contributed by atoms with Gasteiger partial charge in [0.2, 0.25) is 0 Å². The molecule has 19 heavy (non-hydrogen) atoms. The second-order valence-electron chi connectivity index (χ2n) is 3.99. The average molecular weight is 268 g/mol. The van der Waals surface area contributed by atoms with Gasteiger partial charge in [0, 0.05) is 12.6 Å². The SMILES string of the molecule is COc1cnn(C)c1C(NN)c1cc(F)ccc1F. The molecule has 0 bridgehead atoms. The van der Waals surface area contributed by atoms with Crippen molar-refractivity contribution in [1.29, 1.82) is 0 Å². The van der Waals surface area contributed by atoms with Crippen molar-refractivity contribution in [1.82, 2.24) is 15.2 Å². The summed E-state index contributed by atoms with van der Waals surface area (Å²) in [5.41, 5.74) is 3.05. The van der Waals surface area contributed by atoms with Gasteiger partial charge >= 0.3 is 0 Å². The van der Waals surface area contributed by atoms with Crippen LogP contribution in [0.4, 0.5) is 8.78 Å². The minimum absolute atomic E-state index is 0.0874. The number of benzene rings is 1. The van der Waals surface area contributed by atoms with Crippen molar-refractivity contribution in [2.75, 3.05) is 7.11 Å².